The predicted octanol–water partition coefficient (Wildman–Crippen LogP) is 5.26. The van der Waals surface area contributed by atoms with Crippen molar-refractivity contribution in [3.8, 4) is 0 Å². The topological polar surface area (TPSA) is 55.2 Å². The van der Waals surface area contributed by atoms with Crippen LogP contribution in [-0.4, -0.2) is 33.2 Å². The molecule has 3 heterocycles. The van der Waals surface area contributed by atoms with E-state index in [1.54, 1.807) is 27.6 Å². The Morgan fingerprint density at radius 2 is 2.06 bits per heavy atom. The van der Waals surface area contributed by atoms with E-state index < -0.39 is 0 Å². The third-order valence-electron chi connectivity index (χ3n) is 6.43. The molecule has 8 heteroatoms. The minimum Gasteiger partial charge on any atom is -0.341 e. The van der Waals surface area contributed by atoms with Crippen molar-refractivity contribution in [2.24, 2.45) is 0 Å². The molecule has 3 aromatic rings. The number of hydrogen-bond donors (Lipinski definition) is 0. The summed E-state index contributed by atoms with van der Waals surface area (Å²) in [6.07, 6.45) is 8.78. The van der Waals surface area contributed by atoms with Crippen LogP contribution in [0.4, 0.5) is 0 Å². The average Bonchev–Trinajstić information content (AvgIpc) is 3.52. The van der Waals surface area contributed by atoms with Gasteiger partial charge in [0.15, 0.2) is 5.16 Å². The van der Waals surface area contributed by atoms with Gasteiger partial charge in [0.25, 0.3) is 5.56 Å². The maximum atomic E-state index is 13.7. The lowest BCUT2D eigenvalue weighted by molar-refractivity contribution is -0.127. The van der Waals surface area contributed by atoms with Crippen molar-refractivity contribution in [3.05, 3.63) is 43.2 Å². The highest BCUT2D eigenvalue weighted by Gasteiger charge is 2.27. The fraction of sp³-hybridized carbons (Fsp3) is 0.522. The molecule has 0 N–H and O–H groups in total. The van der Waals surface area contributed by atoms with Crippen LogP contribution in [0.15, 0.2) is 26.8 Å². The second-order valence-corrected chi connectivity index (χ2v) is 11.4. The van der Waals surface area contributed by atoms with Crippen LogP contribution in [0.3, 0.4) is 0 Å². The van der Waals surface area contributed by atoms with Crippen molar-refractivity contribution < 1.29 is 4.79 Å². The van der Waals surface area contributed by atoms with Gasteiger partial charge in [-0.3, -0.25) is 14.2 Å². The molecule has 0 radical (unpaired) electrons. The van der Waals surface area contributed by atoms with E-state index in [0.29, 0.717) is 12.3 Å². The third-order valence-corrected chi connectivity index (χ3v) is 9.28. The molecule has 0 aliphatic heterocycles. The first-order valence-electron chi connectivity index (χ1n) is 11.1. The van der Waals surface area contributed by atoms with Crippen LogP contribution in [0.1, 0.15) is 60.6 Å². The van der Waals surface area contributed by atoms with Crippen LogP contribution in [0.25, 0.3) is 10.2 Å². The number of carbonyl (C=O) groups is 1. The Morgan fingerprint density at radius 3 is 2.84 bits per heavy atom. The van der Waals surface area contributed by atoms with Gasteiger partial charge < -0.3 is 4.90 Å². The summed E-state index contributed by atoms with van der Waals surface area (Å²) < 4.78 is 1.94. The molecular formula is C23H27N3O2S3. The maximum absolute atomic E-state index is 13.7. The maximum Gasteiger partial charge on any atom is 0.263 e. The first-order valence-corrected chi connectivity index (χ1v) is 13.8. The monoisotopic (exact) mass is 473 g/mol. The van der Waals surface area contributed by atoms with Crippen LogP contribution < -0.4 is 5.56 Å². The number of thioether (sulfide) groups is 1. The van der Waals surface area contributed by atoms with E-state index in [1.165, 1.54) is 28.6 Å². The fourth-order valence-electron chi connectivity index (χ4n) is 4.77. The molecule has 0 atom stereocenters. The van der Waals surface area contributed by atoms with Crippen molar-refractivity contribution in [2.45, 2.75) is 69.1 Å². The molecule has 164 valence electrons. The molecule has 5 rings (SSSR count). The number of nitrogens with zero attached hydrogens (tertiary/aromatic N) is 3. The second-order valence-electron chi connectivity index (χ2n) is 8.57. The molecule has 31 heavy (non-hydrogen) atoms. The normalized spacial score (nSPS) is 16.7. The molecule has 0 aromatic carbocycles. The predicted molar refractivity (Wildman–Crippen MR) is 130 cm³/mol. The van der Waals surface area contributed by atoms with E-state index in [-0.39, 0.29) is 17.5 Å². The molecule has 2 aliphatic carbocycles. The SMILES string of the molecule is CN(Cc1ccsc1)C(=O)CSc1nc2sc3c(c2c(=O)n1C1CCCC1)CCCC3. The molecule has 0 spiro atoms. The summed E-state index contributed by atoms with van der Waals surface area (Å²) in [5.41, 5.74) is 2.52. The zero-order valence-electron chi connectivity index (χ0n) is 17.8. The lowest BCUT2D eigenvalue weighted by Crippen LogP contribution is -2.29. The van der Waals surface area contributed by atoms with Crippen molar-refractivity contribution in [3.63, 3.8) is 0 Å². The van der Waals surface area contributed by atoms with Gasteiger partial charge >= 0.3 is 0 Å². The van der Waals surface area contributed by atoms with Gasteiger partial charge in [0.05, 0.1) is 11.1 Å². The van der Waals surface area contributed by atoms with Crippen LogP contribution in [0, 0.1) is 0 Å². The van der Waals surface area contributed by atoms with Gasteiger partial charge in [0.1, 0.15) is 4.83 Å². The Balaban J connectivity index is 1.45. The summed E-state index contributed by atoms with van der Waals surface area (Å²) in [4.78, 5) is 35.4. The summed E-state index contributed by atoms with van der Waals surface area (Å²) in [7, 11) is 1.84. The van der Waals surface area contributed by atoms with Crippen molar-refractivity contribution in [2.75, 3.05) is 12.8 Å². The minimum atomic E-state index is 0.0639. The van der Waals surface area contributed by atoms with Gasteiger partial charge in [-0.15, -0.1) is 11.3 Å². The highest BCUT2D eigenvalue weighted by molar-refractivity contribution is 7.99. The summed E-state index contributed by atoms with van der Waals surface area (Å²) in [5, 5.41) is 5.68. The van der Waals surface area contributed by atoms with Gasteiger partial charge in [-0.05, 0) is 66.5 Å². The first-order chi connectivity index (χ1) is 15.1. The third kappa shape index (κ3) is 4.22. The number of hydrogen-bond acceptors (Lipinski definition) is 6. The largest absolute Gasteiger partial charge is 0.341 e. The molecule has 2 aliphatic rings. The Labute approximate surface area is 194 Å². The first kappa shape index (κ1) is 21.2. The van der Waals surface area contributed by atoms with Gasteiger partial charge in [-0.2, -0.15) is 11.3 Å². The summed E-state index contributed by atoms with van der Waals surface area (Å²) in [5.74, 6) is 0.366. The van der Waals surface area contributed by atoms with E-state index in [2.05, 4.69) is 5.38 Å². The lowest BCUT2D eigenvalue weighted by Gasteiger charge is -2.20. The number of carbonyl (C=O) groups excluding carboxylic acids is 1. The molecule has 0 saturated heterocycles. The van der Waals surface area contributed by atoms with E-state index in [9.17, 15) is 9.59 Å². The van der Waals surface area contributed by atoms with Gasteiger partial charge in [0, 0.05) is 24.5 Å². The standard InChI is InChI=1S/C23H27N3O2S3/c1-25(12-15-10-11-29-13-15)19(27)14-30-23-24-21-20(17-8-4-5-9-18(17)31-21)22(28)26(23)16-6-2-3-7-16/h10-11,13,16H,2-9,12,14H2,1H3. The van der Waals surface area contributed by atoms with Gasteiger partial charge in [-0.1, -0.05) is 24.6 Å². The fourth-order valence-corrected chi connectivity index (χ4v) is 7.74. The van der Waals surface area contributed by atoms with Gasteiger partial charge in [-0.25, -0.2) is 4.98 Å². The quantitative estimate of drug-likeness (QED) is 0.362. The number of thiophene rings is 2. The molecule has 1 amide bonds. The second kappa shape index (κ2) is 9.08. The Morgan fingerprint density at radius 1 is 1.26 bits per heavy atom. The number of amides is 1. The molecule has 0 bridgehead atoms. The number of rotatable bonds is 6. The van der Waals surface area contributed by atoms with Crippen molar-refractivity contribution >= 4 is 50.6 Å². The smallest absolute Gasteiger partial charge is 0.263 e. The molecule has 0 unspecified atom stereocenters. The van der Waals surface area contributed by atoms with Crippen molar-refractivity contribution in [1.29, 1.82) is 0 Å². The highest BCUT2D eigenvalue weighted by atomic mass is 32.2. The van der Waals surface area contributed by atoms with E-state index in [0.717, 1.165) is 65.9 Å². The van der Waals surface area contributed by atoms with Crippen LogP contribution in [0.5, 0.6) is 0 Å². The molecule has 3 aromatic heterocycles. The summed E-state index contributed by atoms with van der Waals surface area (Å²) >= 11 is 4.76. The molecule has 5 nitrogen and oxygen atoms in total. The molecule has 1 saturated carbocycles. The zero-order valence-corrected chi connectivity index (χ0v) is 20.2. The highest BCUT2D eigenvalue weighted by Crippen LogP contribution is 2.37. The number of fused-ring (bicyclic) bond motifs is 3. The Bertz CT molecular complexity index is 1140. The van der Waals surface area contributed by atoms with Crippen LogP contribution in [0.2, 0.25) is 0 Å². The zero-order chi connectivity index (χ0) is 21.4. The van der Waals surface area contributed by atoms with Crippen LogP contribution in [-0.2, 0) is 24.2 Å². The van der Waals surface area contributed by atoms with E-state index >= 15 is 0 Å². The molecular weight excluding hydrogens is 446 g/mol. The summed E-state index contributed by atoms with van der Waals surface area (Å²) in [6, 6.07) is 2.26. The van der Waals surface area contributed by atoms with E-state index in [4.69, 9.17) is 4.98 Å². The number of aryl methyl sites for hydroxylation is 2. The Hall–Kier alpha value is -1.64. The van der Waals surface area contributed by atoms with E-state index in [1.807, 2.05) is 23.1 Å². The Kier molecular flexibility index (Phi) is 6.21. The van der Waals surface area contributed by atoms with Gasteiger partial charge in [0.2, 0.25) is 5.91 Å². The summed E-state index contributed by atoms with van der Waals surface area (Å²) in [6.45, 7) is 0.614. The van der Waals surface area contributed by atoms with Crippen LogP contribution >= 0.6 is 34.4 Å². The minimum absolute atomic E-state index is 0.0639. The average molecular weight is 474 g/mol. The molecule has 1 fully saturated rings. The van der Waals surface area contributed by atoms with Crippen molar-refractivity contribution in [1.82, 2.24) is 14.5 Å². The number of aromatic nitrogens is 2. The lowest BCUT2D eigenvalue weighted by atomic mass is 9.97.